The second-order valence-electron chi connectivity index (χ2n) is 5.14. The van der Waals surface area contributed by atoms with Gasteiger partial charge in [-0.2, -0.15) is 11.8 Å². The third-order valence-electron chi connectivity index (χ3n) is 3.64. The van der Waals surface area contributed by atoms with Crippen molar-refractivity contribution in [3.8, 4) is 0 Å². The van der Waals surface area contributed by atoms with E-state index in [1.165, 1.54) is 0 Å². The predicted octanol–water partition coefficient (Wildman–Crippen LogP) is 0.570. The van der Waals surface area contributed by atoms with Crippen LogP contribution in [0.5, 0.6) is 0 Å². The summed E-state index contributed by atoms with van der Waals surface area (Å²) < 4.78 is 0. The number of nitrogens with zero attached hydrogens (tertiary/aromatic N) is 1. The topological polar surface area (TPSA) is 75.4 Å². The van der Waals surface area contributed by atoms with Crippen molar-refractivity contribution in [1.29, 1.82) is 0 Å². The molecule has 3 N–H and O–H groups in total. The van der Waals surface area contributed by atoms with Gasteiger partial charge in [-0.1, -0.05) is 0 Å². The van der Waals surface area contributed by atoms with Crippen LogP contribution in [0.15, 0.2) is 0 Å². The molecule has 2 fully saturated rings. The number of halogens is 1. The number of likely N-dealkylation sites (tertiary alicyclic amines) is 1. The summed E-state index contributed by atoms with van der Waals surface area (Å²) in [4.78, 5) is 26.4. The normalized spacial score (nSPS) is 25.9. The highest BCUT2D eigenvalue weighted by Crippen LogP contribution is 2.27. The van der Waals surface area contributed by atoms with Crippen molar-refractivity contribution in [2.75, 3.05) is 43.4 Å². The summed E-state index contributed by atoms with van der Waals surface area (Å²) in [6, 6.07) is 0. The molecule has 0 saturated carbocycles. The molecule has 2 saturated heterocycles. The monoisotopic (exact) mass is 353 g/mol. The second-order valence-corrected chi connectivity index (χ2v) is 7.60. The highest BCUT2D eigenvalue weighted by molar-refractivity contribution is 8.07. The average molecular weight is 354 g/mol. The first kappa shape index (κ1) is 18.9. The maximum absolute atomic E-state index is 12.5. The number of amides is 2. The number of carbonyl (C=O) groups excluding carboxylic acids is 2. The smallest absolute Gasteiger partial charge is 0.236 e. The molecule has 122 valence electrons. The fourth-order valence-corrected chi connectivity index (χ4v) is 5.19. The van der Waals surface area contributed by atoms with Gasteiger partial charge in [0.25, 0.3) is 0 Å². The van der Waals surface area contributed by atoms with Crippen LogP contribution in [0.2, 0.25) is 0 Å². The summed E-state index contributed by atoms with van der Waals surface area (Å²) in [6.07, 6.45) is 1.78. The Labute approximate surface area is 140 Å². The fraction of sp³-hybridized carbons (Fsp3) is 0.846. The Morgan fingerprint density at radius 1 is 1.33 bits per heavy atom. The van der Waals surface area contributed by atoms with Crippen LogP contribution >= 0.6 is 35.9 Å². The van der Waals surface area contributed by atoms with Crippen LogP contribution in [0.4, 0.5) is 0 Å². The zero-order chi connectivity index (χ0) is 14.4. The van der Waals surface area contributed by atoms with Crippen molar-refractivity contribution in [1.82, 2.24) is 10.2 Å². The molecule has 2 unspecified atom stereocenters. The first-order chi connectivity index (χ1) is 9.72. The largest absolute Gasteiger partial charge is 0.355 e. The predicted molar refractivity (Wildman–Crippen MR) is 92.2 cm³/mol. The molecule has 0 radical (unpaired) electrons. The molecule has 2 amide bonds. The number of nitrogens with two attached hydrogens (primary N) is 1. The Morgan fingerprint density at radius 3 is 2.81 bits per heavy atom. The molecule has 21 heavy (non-hydrogen) atoms. The number of carbonyl (C=O) groups is 2. The van der Waals surface area contributed by atoms with E-state index in [1.807, 2.05) is 16.7 Å². The zero-order valence-electron chi connectivity index (χ0n) is 12.1. The maximum atomic E-state index is 12.5. The molecule has 2 heterocycles. The molecule has 2 rings (SSSR count). The van der Waals surface area contributed by atoms with Gasteiger partial charge in [-0.3, -0.25) is 9.59 Å². The Hall–Kier alpha value is -0.110. The molecule has 2 atom stereocenters. The lowest BCUT2D eigenvalue weighted by Gasteiger charge is -2.35. The minimum atomic E-state index is -0.0690. The molecule has 8 heteroatoms. The number of rotatable bonds is 4. The van der Waals surface area contributed by atoms with Crippen molar-refractivity contribution in [3.63, 3.8) is 0 Å². The van der Waals surface area contributed by atoms with Gasteiger partial charge < -0.3 is 16.0 Å². The Kier molecular flexibility index (Phi) is 8.85. The van der Waals surface area contributed by atoms with Gasteiger partial charge in [-0.15, -0.1) is 24.2 Å². The van der Waals surface area contributed by atoms with Gasteiger partial charge >= 0.3 is 0 Å². The molecule has 5 nitrogen and oxygen atoms in total. The Morgan fingerprint density at radius 2 is 2.14 bits per heavy atom. The highest BCUT2D eigenvalue weighted by atomic mass is 35.5. The van der Waals surface area contributed by atoms with Crippen molar-refractivity contribution < 1.29 is 9.59 Å². The van der Waals surface area contributed by atoms with Crippen molar-refractivity contribution in [2.45, 2.75) is 18.1 Å². The van der Waals surface area contributed by atoms with Gasteiger partial charge in [0, 0.05) is 43.4 Å². The zero-order valence-corrected chi connectivity index (χ0v) is 14.5. The molecule has 2 aliphatic rings. The lowest BCUT2D eigenvalue weighted by Crippen LogP contribution is -2.49. The van der Waals surface area contributed by atoms with Crippen LogP contribution in [-0.4, -0.2) is 65.4 Å². The van der Waals surface area contributed by atoms with Crippen LogP contribution in [-0.2, 0) is 9.59 Å². The molecule has 2 aliphatic heterocycles. The van der Waals surface area contributed by atoms with Gasteiger partial charge in [0.05, 0.1) is 11.2 Å². The van der Waals surface area contributed by atoms with Crippen LogP contribution in [0.3, 0.4) is 0 Å². The van der Waals surface area contributed by atoms with E-state index in [-0.39, 0.29) is 35.4 Å². The standard InChI is InChI=1S/C13H23N3O2S2.ClH/c14-3-4-15-12(17)10-2-1-5-16(8-10)13(18)11-9-19-6-7-20-11;/h10-11H,1-9,14H2,(H,15,17);1H. The van der Waals surface area contributed by atoms with E-state index in [1.54, 1.807) is 11.8 Å². The van der Waals surface area contributed by atoms with Gasteiger partial charge in [0.2, 0.25) is 11.8 Å². The van der Waals surface area contributed by atoms with Gasteiger partial charge in [0.15, 0.2) is 0 Å². The third-order valence-corrected chi connectivity index (χ3v) is 6.38. The van der Waals surface area contributed by atoms with Crippen molar-refractivity contribution >= 4 is 47.7 Å². The van der Waals surface area contributed by atoms with Gasteiger partial charge in [0.1, 0.15) is 0 Å². The summed E-state index contributed by atoms with van der Waals surface area (Å²) >= 11 is 3.61. The number of piperidine rings is 1. The molecule has 0 aromatic heterocycles. The average Bonchev–Trinajstić information content (AvgIpc) is 2.52. The number of nitrogens with one attached hydrogen (secondary N) is 1. The molecular formula is C13H24ClN3O2S2. The lowest BCUT2D eigenvalue weighted by atomic mass is 9.97. The van der Waals surface area contributed by atoms with E-state index >= 15 is 0 Å². The van der Waals surface area contributed by atoms with Gasteiger partial charge in [-0.05, 0) is 12.8 Å². The van der Waals surface area contributed by atoms with Crippen LogP contribution in [0.1, 0.15) is 12.8 Å². The minimum Gasteiger partial charge on any atom is -0.355 e. The fourth-order valence-electron chi connectivity index (χ4n) is 2.57. The Bertz CT molecular complexity index is 354. The Balaban J connectivity index is 0.00000220. The van der Waals surface area contributed by atoms with E-state index < -0.39 is 0 Å². The minimum absolute atomic E-state index is 0. The summed E-state index contributed by atoms with van der Waals surface area (Å²) in [5, 5.41) is 2.91. The number of thioether (sulfide) groups is 2. The second kappa shape index (κ2) is 9.82. The molecule has 0 aromatic carbocycles. The van der Waals surface area contributed by atoms with E-state index in [0.29, 0.717) is 19.6 Å². The van der Waals surface area contributed by atoms with Crippen molar-refractivity contribution in [3.05, 3.63) is 0 Å². The third kappa shape index (κ3) is 5.54. The number of hydrogen-bond acceptors (Lipinski definition) is 5. The molecule has 0 aromatic rings. The maximum Gasteiger partial charge on any atom is 0.236 e. The van der Waals surface area contributed by atoms with Crippen molar-refractivity contribution in [2.24, 2.45) is 11.7 Å². The summed E-state index contributed by atoms with van der Waals surface area (Å²) in [6.45, 7) is 2.33. The first-order valence-electron chi connectivity index (χ1n) is 7.18. The first-order valence-corrected chi connectivity index (χ1v) is 9.38. The van der Waals surface area contributed by atoms with Crippen LogP contribution < -0.4 is 11.1 Å². The summed E-state index contributed by atoms with van der Waals surface area (Å²) in [7, 11) is 0. The molecule has 0 bridgehead atoms. The molecule has 0 spiro atoms. The molecule has 0 aliphatic carbocycles. The van der Waals surface area contributed by atoms with Gasteiger partial charge in [-0.25, -0.2) is 0 Å². The van der Waals surface area contributed by atoms with Crippen LogP contribution in [0.25, 0.3) is 0 Å². The SMILES string of the molecule is Cl.NCCNC(=O)C1CCCN(C(=O)C2CSCCS2)C1. The summed E-state index contributed by atoms with van der Waals surface area (Å²) in [5.74, 6) is 3.29. The van der Waals surface area contributed by atoms with Crippen LogP contribution in [0, 0.1) is 5.92 Å². The van der Waals surface area contributed by atoms with E-state index in [0.717, 1.165) is 36.6 Å². The lowest BCUT2D eigenvalue weighted by molar-refractivity contribution is -0.134. The number of hydrogen-bond donors (Lipinski definition) is 2. The van der Waals surface area contributed by atoms with E-state index in [4.69, 9.17) is 5.73 Å². The quantitative estimate of drug-likeness (QED) is 0.772. The molecular weight excluding hydrogens is 330 g/mol. The van der Waals surface area contributed by atoms with E-state index in [9.17, 15) is 9.59 Å². The highest BCUT2D eigenvalue weighted by Gasteiger charge is 2.32. The van der Waals surface area contributed by atoms with E-state index in [2.05, 4.69) is 5.32 Å². The summed E-state index contributed by atoms with van der Waals surface area (Å²) in [5.41, 5.74) is 5.40.